The van der Waals surface area contributed by atoms with E-state index in [0.29, 0.717) is 0 Å². The summed E-state index contributed by atoms with van der Waals surface area (Å²) in [5.41, 5.74) is 4.76. The molecule has 1 aromatic rings. The van der Waals surface area contributed by atoms with E-state index in [1.165, 1.54) is 18.2 Å². The summed E-state index contributed by atoms with van der Waals surface area (Å²) < 4.78 is 49.3. The predicted octanol–water partition coefficient (Wildman–Crippen LogP) is 1.53. The molecule has 6 heteroatoms. The van der Waals surface area contributed by atoms with Crippen LogP contribution in [0.25, 0.3) is 0 Å². The monoisotopic (exact) mass is 249 g/mol. The van der Waals surface area contributed by atoms with Crippen molar-refractivity contribution >= 4 is 9.84 Å². The number of halogens is 2. The highest BCUT2D eigenvalue weighted by molar-refractivity contribution is 7.90. The molecule has 0 saturated carbocycles. The van der Waals surface area contributed by atoms with Crippen molar-refractivity contribution < 1.29 is 17.2 Å². The highest BCUT2D eigenvalue weighted by Gasteiger charge is 2.31. The molecular weight excluding hydrogens is 236 g/mol. The third kappa shape index (κ3) is 2.99. The molecular formula is C10H13F2NO2S. The van der Waals surface area contributed by atoms with Gasteiger partial charge in [-0.25, -0.2) is 17.2 Å². The van der Waals surface area contributed by atoms with Gasteiger partial charge < -0.3 is 5.73 Å². The van der Waals surface area contributed by atoms with Gasteiger partial charge in [0.2, 0.25) is 0 Å². The van der Waals surface area contributed by atoms with E-state index < -0.39 is 22.2 Å². The zero-order valence-corrected chi connectivity index (χ0v) is 9.60. The fraction of sp³-hybridized carbons (Fsp3) is 0.400. The van der Waals surface area contributed by atoms with Gasteiger partial charge in [0, 0.05) is 18.2 Å². The molecule has 1 rings (SSSR count). The van der Waals surface area contributed by atoms with Gasteiger partial charge in [0.15, 0.2) is 9.84 Å². The molecule has 1 aromatic carbocycles. The number of hydrogen-bond donors (Lipinski definition) is 1. The van der Waals surface area contributed by atoms with Gasteiger partial charge in [-0.05, 0) is 18.7 Å². The van der Waals surface area contributed by atoms with Crippen molar-refractivity contribution in [1.29, 1.82) is 0 Å². The summed E-state index contributed by atoms with van der Waals surface area (Å²) in [5, 5.41) is 0. The first-order valence-corrected chi connectivity index (χ1v) is 6.55. The quantitative estimate of drug-likeness (QED) is 0.880. The molecule has 3 nitrogen and oxygen atoms in total. The normalized spacial score (nSPS) is 12.8. The molecule has 0 aliphatic rings. The van der Waals surface area contributed by atoms with Crippen LogP contribution in [-0.4, -0.2) is 21.2 Å². The fourth-order valence-corrected chi connectivity index (χ4v) is 1.95. The van der Waals surface area contributed by atoms with E-state index in [0.717, 1.165) is 12.3 Å². The Morgan fingerprint density at radius 3 is 2.50 bits per heavy atom. The van der Waals surface area contributed by atoms with Crippen molar-refractivity contribution in [2.75, 3.05) is 12.8 Å². The van der Waals surface area contributed by atoms with Crippen molar-refractivity contribution in [1.82, 2.24) is 0 Å². The van der Waals surface area contributed by atoms with Gasteiger partial charge in [0.25, 0.3) is 5.92 Å². The van der Waals surface area contributed by atoms with Crippen LogP contribution in [0.3, 0.4) is 0 Å². The number of sulfone groups is 1. The van der Waals surface area contributed by atoms with Crippen molar-refractivity contribution in [3.63, 3.8) is 0 Å². The first-order chi connectivity index (χ1) is 7.27. The minimum Gasteiger partial charge on any atom is -0.330 e. The van der Waals surface area contributed by atoms with E-state index in [9.17, 15) is 17.2 Å². The zero-order chi connectivity index (χ0) is 12.4. The van der Waals surface area contributed by atoms with Crippen LogP contribution >= 0.6 is 0 Å². The van der Waals surface area contributed by atoms with Gasteiger partial charge >= 0.3 is 0 Å². The van der Waals surface area contributed by atoms with E-state index in [-0.39, 0.29) is 17.0 Å². The third-order valence-corrected chi connectivity index (χ3v) is 3.25. The molecule has 0 radical (unpaired) electrons. The Bertz CT molecular complexity index is 471. The largest absolute Gasteiger partial charge is 0.330 e. The molecule has 0 aromatic heterocycles. The molecule has 0 unspecified atom stereocenters. The number of benzene rings is 1. The Labute approximate surface area is 93.2 Å². The average molecular weight is 249 g/mol. The fourth-order valence-electron chi connectivity index (χ4n) is 1.28. The highest BCUT2D eigenvalue weighted by Crippen LogP contribution is 2.32. The Morgan fingerprint density at radius 2 is 2.00 bits per heavy atom. The van der Waals surface area contributed by atoms with Crippen molar-refractivity contribution in [2.24, 2.45) is 5.73 Å². The van der Waals surface area contributed by atoms with Crippen LogP contribution in [0.5, 0.6) is 0 Å². The second kappa shape index (κ2) is 4.47. The summed E-state index contributed by atoms with van der Waals surface area (Å²) in [6.45, 7) is -0.157. The van der Waals surface area contributed by atoms with E-state index in [1.807, 2.05) is 0 Å². The molecule has 0 atom stereocenters. The maximum Gasteiger partial charge on any atom is 0.274 e. The van der Waals surface area contributed by atoms with Crippen LogP contribution in [0.2, 0.25) is 0 Å². The molecule has 0 amide bonds. The maximum atomic E-state index is 13.4. The van der Waals surface area contributed by atoms with Gasteiger partial charge in [0.05, 0.1) is 4.90 Å². The van der Waals surface area contributed by atoms with E-state index in [2.05, 4.69) is 0 Å². The molecule has 90 valence electrons. The predicted molar refractivity (Wildman–Crippen MR) is 57.1 cm³/mol. The van der Waals surface area contributed by atoms with Crippen LogP contribution in [0, 0.1) is 0 Å². The van der Waals surface area contributed by atoms with Gasteiger partial charge in [-0.1, -0.05) is 12.1 Å². The van der Waals surface area contributed by atoms with Crippen LogP contribution in [-0.2, 0) is 15.8 Å². The molecule has 0 heterocycles. The van der Waals surface area contributed by atoms with Crippen molar-refractivity contribution in [3.05, 3.63) is 29.8 Å². The van der Waals surface area contributed by atoms with Crippen LogP contribution in [0.4, 0.5) is 8.78 Å². The number of hydrogen-bond acceptors (Lipinski definition) is 3. The summed E-state index contributed by atoms with van der Waals surface area (Å²) in [4.78, 5) is -0.110. The van der Waals surface area contributed by atoms with Crippen LogP contribution < -0.4 is 5.73 Å². The second-order valence-corrected chi connectivity index (χ2v) is 5.56. The molecule has 0 spiro atoms. The molecule has 0 aliphatic carbocycles. The zero-order valence-electron chi connectivity index (χ0n) is 8.78. The highest BCUT2D eigenvalue weighted by atomic mass is 32.2. The maximum absolute atomic E-state index is 13.4. The Balaban J connectivity index is 3.18. The van der Waals surface area contributed by atoms with Crippen molar-refractivity contribution in [3.8, 4) is 0 Å². The summed E-state index contributed by atoms with van der Waals surface area (Å²) in [5.74, 6) is -3.09. The lowest BCUT2D eigenvalue weighted by Gasteiger charge is -2.16. The van der Waals surface area contributed by atoms with Crippen molar-refractivity contribution in [2.45, 2.75) is 17.2 Å². The minimum atomic E-state index is -3.47. The summed E-state index contributed by atoms with van der Waals surface area (Å²) in [6.07, 6.45) is 0.480. The lowest BCUT2D eigenvalue weighted by atomic mass is 10.1. The second-order valence-electron chi connectivity index (χ2n) is 3.54. The van der Waals surface area contributed by atoms with Crippen LogP contribution in [0.15, 0.2) is 29.2 Å². The third-order valence-electron chi connectivity index (χ3n) is 2.14. The molecule has 0 fully saturated rings. The topological polar surface area (TPSA) is 60.2 Å². The van der Waals surface area contributed by atoms with E-state index in [4.69, 9.17) is 5.73 Å². The summed E-state index contributed by atoms with van der Waals surface area (Å²) >= 11 is 0. The average Bonchev–Trinajstić information content (AvgIpc) is 2.16. The SMILES string of the molecule is CS(=O)(=O)c1cccc(C(F)(F)CCN)c1. The molecule has 2 N–H and O–H groups in total. The Hall–Kier alpha value is -1.01. The van der Waals surface area contributed by atoms with E-state index in [1.54, 1.807) is 0 Å². The molecule has 16 heavy (non-hydrogen) atoms. The summed E-state index contributed by atoms with van der Waals surface area (Å²) in [6, 6.07) is 4.78. The number of nitrogens with two attached hydrogens (primary N) is 1. The molecule has 0 aliphatic heterocycles. The first kappa shape index (κ1) is 13.1. The van der Waals surface area contributed by atoms with Gasteiger partial charge in [-0.3, -0.25) is 0 Å². The Kier molecular flexibility index (Phi) is 3.64. The molecule has 0 saturated heterocycles. The minimum absolute atomic E-state index is 0.110. The van der Waals surface area contributed by atoms with Crippen LogP contribution in [0.1, 0.15) is 12.0 Å². The van der Waals surface area contributed by atoms with Gasteiger partial charge in [0.1, 0.15) is 0 Å². The number of alkyl halides is 2. The van der Waals surface area contributed by atoms with E-state index >= 15 is 0 Å². The molecule has 0 bridgehead atoms. The Morgan fingerprint density at radius 1 is 1.38 bits per heavy atom. The lowest BCUT2D eigenvalue weighted by Crippen LogP contribution is -2.19. The smallest absolute Gasteiger partial charge is 0.274 e. The number of rotatable bonds is 4. The lowest BCUT2D eigenvalue weighted by molar-refractivity contribution is -0.0109. The van der Waals surface area contributed by atoms with Gasteiger partial charge in [-0.2, -0.15) is 0 Å². The standard InChI is InChI=1S/C10H13F2NO2S/c1-16(14,15)9-4-2-3-8(7-9)10(11,12)5-6-13/h2-4,7H,5-6,13H2,1H3. The van der Waals surface area contributed by atoms with Gasteiger partial charge in [-0.15, -0.1) is 0 Å². The first-order valence-electron chi connectivity index (χ1n) is 4.66. The summed E-state index contributed by atoms with van der Waals surface area (Å²) in [7, 11) is -3.47.